The van der Waals surface area contributed by atoms with Crippen molar-refractivity contribution in [2.45, 2.75) is 18.9 Å². The summed E-state index contributed by atoms with van der Waals surface area (Å²) < 4.78 is 0.836. The number of hydrogen-bond acceptors (Lipinski definition) is 4. The summed E-state index contributed by atoms with van der Waals surface area (Å²) in [6.07, 6.45) is 2.38. The van der Waals surface area contributed by atoms with Crippen molar-refractivity contribution in [1.82, 2.24) is 15.1 Å². The maximum atomic E-state index is 5.59. The van der Waals surface area contributed by atoms with Crippen LogP contribution in [0, 0.1) is 0 Å². The Balaban J connectivity index is 2.28. The zero-order valence-electron chi connectivity index (χ0n) is 8.07. The number of aromatic nitrogens is 2. The lowest BCUT2D eigenvalue weighted by Crippen LogP contribution is -2.19. The average Bonchev–Trinajstić information content (AvgIpc) is 2.57. The molecule has 1 aromatic rings. The molecule has 1 aliphatic rings. The second kappa shape index (κ2) is 3.82. The van der Waals surface area contributed by atoms with Gasteiger partial charge in [0.25, 0.3) is 0 Å². The van der Waals surface area contributed by atoms with Gasteiger partial charge in [-0.05, 0) is 48.4 Å². The van der Waals surface area contributed by atoms with E-state index in [1.54, 1.807) is 0 Å². The van der Waals surface area contributed by atoms with Crippen LogP contribution in [-0.4, -0.2) is 28.7 Å². The highest BCUT2D eigenvalue weighted by atomic mass is 79.9. The van der Waals surface area contributed by atoms with Gasteiger partial charge in [0.1, 0.15) is 0 Å². The predicted octanol–water partition coefficient (Wildman–Crippen LogP) is 1.59. The van der Waals surface area contributed by atoms with Crippen molar-refractivity contribution in [3.05, 3.63) is 16.2 Å². The largest absolute Gasteiger partial charge is 0.381 e. The molecule has 76 valence electrons. The standard InChI is InChI=1S/C9H13BrN4/c1-14-4-2-3-8(14)7-5-6(10)9(11)13-12-7/h5,8H,2-4H2,1H3,(H2,11,13). The van der Waals surface area contributed by atoms with Gasteiger partial charge in [0.15, 0.2) is 5.82 Å². The first-order chi connectivity index (χ1) is 6.68. The molecule has 14 heavy (non-hydrogen) atoms. The molecule has 0 bridgehead atoms. The zero-order chi connectivity index (χ0) is 10.1. The Morgan fingerprint density at radius 1 is 1.57 bits per heavy atom. The molecule has 0 saturated carbocycles. The van der Waals surface area contributed by atoms with Gasteiger partial charge in [-0.3, -0.25) is 4.90 Å². The van der Waals surface area contributed by atoms with E-state index in [0.29, 0.717) is 11.9 Å². The molecule has 1 saturated heterocycles. The van der Waals surface area contributed by atoms with Crippen LogP contribution in [0.3, 0.4) is 0 Å². The molecule has 1 atom stereocenters. The summed E-state index contributed by atoms with van der Waals surface area (Å²) in [4.78, 5) is 2.30. The summed E-state index contributed by atoms with van der Waals surface area (Å²) in [5.74, 6) is 0.453. The fraction of sp³-hybridized carbons (Fsp3) is 0.556. The number of anilines is 1. The van der Waals surface area contributed by atoms with Gasteiger partial charge in [-0.2, -0.15) is 5.10 Å². The minimum atomic E-state index is 0.402. The molecular formula is C9H13BrN4. The van der Waals surface area contributed by atoms with E-state index < -0.39 is 0 Å². The summed E-state index contributed by atoms with van der Waals surface area (Å²) in [5, 5.41) is 8.04. The quantitative estimate of drug-likeness (QED) is 0.830. The molecule has 0 aromatic carbocycles. The molecule has 0 spiro atoms. The summed E-state index contributed by atoms with van der Waals surface area (Å²) in [5.41, 5.74) is 6.59. The molecular weight excluding hydrogens is 244 g/mol. The van der Waals surface area contributed by atoms with Crippen LogP contribution in [-0.2, 0) is 0 Å². The average molecular weight is 257 g/mol. The van der Waals surface area contributed by atoms with Crippen molar-refractivity contribution < 1.29 is 0 Å². The fourth-order valence-corrected chi connectivity index (χ4v) is 2.15. The lowest BCUT2D eigenvalue weighted by Gasteiger charge is -2.18. The highest BCUT2D eigenvalue weighted by Gasteiger charge is 2.24. The number of nitrogen functional groups attached to an aromatic ring is 1. The highest BCUT2D eigenvalue weighted by Crippen LogP contribution is 2.30. The highest BCUT2D eigenvalue weighted by molar-refractivity contribution is 9.10. The first kappa shape index (κ1) is 9.86. The van der Waals surface area contributed by atoms with Crippen molar-refractivity contribution in [2.75, 3.05) is 19.3 Å². The van der Waals surface area contributed by atoms with Crippen molar-refractivity contribution >= 4 is 21.7 Å². The van der Waals surface area contributed by atoms with Crippen molar-refractivity contribution in [3.8, 4) is 0 Å². The van der Waals surface area contributed by atoms with E-state index in [9.17, 15) is 0 Å². The maximum Gasteiger partial charge on any atom is 0.160 e. The first-order valence-corrected chi connectivity index (χ1v) is 5.46. The van der Waals surface area contributed by atoms with E-state index in [0.717, 1.165) is 23.1 Å². The minimum Gasteiger partial charge on any atom is -0.381 e. The Kier molecular flexibility index (Phi) is 2.69. The van der Waals surface area contributed by atoms with E-state index in [1.165, 1.54) is 6.42 Å². The maximum absolute atomic E-state index is 5.59. The molecule has 1 unspecified atom stereocenters. The Bertz CT molecular complexity index is 342. The van der Waals surface area contributed by atoms with E-state index in [1.807, 2.05) is 6.07 Å². The van der Waals surface area contributed by atoms with Gasteiger partial charge < -0.3 is 5.73 Å². The monoisotopic (exact) mass is 256 g/mol. The van der Waals surface area contributed by atoms with Crippen molar-refractivity contribution in [1.29, 1.82) is 0 Å². The molecule has 2 N–H and O–H groups in total. The van der Waals surface area contributed by atoms with Gasteiger partial charge >= 0.3 is 0 Å². The van der Waals surface area contributed by atoms with Gasteiger partial charge in [-0.15, -0.1) is 5.10 Å². The number of nitrogens with two attached hydrogens (primary N) is 1. The van der Waals surface area contributed by atoms with E-state index >= 15 is 0 Å². The smallest absolute Gasteiger partial charge is 0.160 e. The molecule has 0 radical (unpaired) electrons. The Morgan fingerprint density at radius 2 is 2.36 bits per heavy atom. The Labute approximate surface area is 91.6 Å². The zero-order valence-corrected chi connectivity index (χ0v) is 9.66. The van der Waals surface area contributed by atoms with Crippen LogP contribution in [0.15, 0.2) is 10.5 Å². The lowest BCUT2D eigenvalue weighted by atomic mass is 10.1. The van der Waals surface area contributed by atoms with Gasteiger partial charge in [0, 0.05) is 0 Å². The molecule has 1 aromatic heterocycles. The van der Waals surface area contributed by atoms with Crippen LogP contribution >= 0.6 is 15.9 Å². The van der Waals surface area contributed by atoms with Crippen LogP contribution in [0.1, 0.15) is 24.6 Å². The number of nitrogens with zero attached hydrogens (tertiary/aromatic N) is 3. The second-order valence-corrected chi connectivity index (χ2v) is 4.50. The van der Waals surface area contributed by atoms with Crippen LogP contribution in [0.4, 0.5) is 5.82 Å². The molecule has 0 aliphatic carbocycles. The summed E-state index contributed by atoms with van der Waals surface area (Å²) in [7, 11) is 2.11. The van der Waals surface area contributed by atoms with Gasteiger partial charge in [-0.25, -0.2) is 0 Å². The van der Waals surface area contributed by atoms with E-state index in [4.69, 9.17) is 5.73 Å². The molecule has 0 amide bonds. The van der Waals surface area contributed by atoms with Crippen molar-refractivity contribution in [3.63, 3.8) is 0 Å². The van der Waals surface area contributed by atoms with Crippen LogP contribution < -0.4 is 5.73 Å². The Hall–Kier alpha value is -0.680. The van der Waals surface area contributed by atoms with Gasteiger partial charge in [0.05, 0.1) is 16.2 Å². The number of likely N-dealkylation sites (tertiary alicyclic amines) is 1. The molecule has 1 aliphatic heterocycles. The van der Waals surface area contributed by atoms with Crippen molar-refractivity contribution in [2.24, 2.45) is 0 Å². The summed E-state index contributed by atoms with van der Waals surface area (Å²) in [6.45, 7) is 1.13. The van der Waals surface area contributed by atoms with Gasteiger partial charge in [-0.1, -0.05) is 0 Å². The van der Waals surface area contributed by atoms with E-state index in [2.05, 4.69) is 38.1 Å². The second-order valence-electron chi connectivity index (χ2n) is 3.64. The molecule has 1 fully saturated rings. The third kappa shape index (κ3) is 1.74. The van der Waals surface area contributed by atoms with Crippen LogP contribution in [0.5, 0.6) is 0 Å². The SMILES string of the molecule is CN1CCCC1c1cc(Br)c(N)nn1. The van der Waals surface area contributed by atoms with E-state index in [-0.39, 0.29) is 0 Å². The lowest BCUT2D eigenvalue weighted by molar-refractivity contribution is 0.310. The number of hydrogen-bond donors (Lipinski definition) is 1. The third-order valence-corrected chi connectivity index (χ3v) is 3.29. The van der Waals surface area contributed by atoms with Crippen LogP contribution in [0.2, 0.25) is 0 Å². The number of rotatable bonds is 1. The summed E-state index contributed by atoms with van der Waals surface area (Å²) >= 11 is 3.37. The Morgan fingerprint density at radius 3 is 2.93 bits per heavy atom. The first-order valence-electron chi connectivity index (χ1n) is 4.67. The normalized spacial score (nSPS) is 22.9. The molecule has 4 nitrogen and oxygen atoms in total. The van der Waals surface area contributed by atoms with Gasteiger partial charge in [0.2, 0.25) is 0 Å². The predicted molar refractivity (Wildman–Crippen MR) is 58.7 cm³/mol. The topological polar surface area (TPSA) is 55.0 Å². The molecule has 5 heteroatoms. The minimum absolute atomic E-state index is 0.402. The molecule has 2 heterocycles. The number of halogens is 1. The van der Waals surface area contributed by atoms with Crippen LogP contribution in [0.25, 0.3) is 0 Å². The fourth-order valence-electron chi connectivity index (χ4n) is 1.84. The summed E-state index contributed by atoms with van der Waals surface area (Å²) in [6, 6.07) is 2.37. The molecule has 2 rings (SSSR count). The third-order valence-electron chi connectivity index (χ3n) is 2.65.